The highest BCUT2D eigenvalue weighted by Crippen LogP contribution is 2.17. The van der Waals surface area contributed by atoms with Gasteiger partial charge >= 0.3 is 0 Å². The number of nitrogens with one attached hydrogen (secondary N) is 1. The zero-order chi connectivity index (χ0) is 15.1. The van der Waals surface area contributed by atoms with E-state index in [1.54, 1.807) is 6.20 Å². The van der Waals surface area contributed by atoms with Crippen molar-refractivity contribution in [2.24, 2.45) is 0 Å². The van der Waals surface area contributed by atoms with Gasteiger partial charge in [-0.2, -0.15) is 0 Å². The van der Waals surface area contributed by atoms with Crippen molar-refractivity contribution in [1.29, 1.82) is 0 Å². The predicted molar refractivity (Wildman–Crippen MR) is 86.1 cm³/mol. The van der Waals surface area contributed by atoms with E-state index in [1.807, 2.05) is 53.9 Å². The highest BCUT2D eigenvalue weighted by Gasteiger charge is 2.13. The standard InChI is InChI=1S/C16H14N4OS/c1-11-5-6-13-14(8-11)19-16(18-13)22(21)10-12-9-17-15-4-2-3-7-20(12)15/h2-9H,10H2,1H3,(H,18,19). The van der Waals surface area contributed by atoms with Gasteiger partial charge in [-0.25, -0.2) is 9.97 Å². The smallest absolute Gasteiger partial charge is 0.197 e. The maximum atomic E-state index is 12.6. The summed E-state index contributed by atoms with van der Waals surface area (Å²) in [4.78, 5) is 11.9. The van der Waals surface area contributed by atoms with Crippen molar-refractivity contribution in [3.63, 3.8) is 0 Å². The van der Waals surface area contributed by atoms with Crippen LogP contribution in [0.25, 0.3) is 16.7 Å². The topological polar surface area (TPSA) is 63.1 Å². The second-order valence-corrected chi connectivity index (χ2v) is 6.60. The number of nitrogens with zero attached hydrogens (tertiary/aromatic N) is 3. The molecule has 4 aromatic rings. The molecule has 0 aliphatic heterocycles. The molecule has 0 bridgehead atoms. The monoisotopic (exact) mass is 310 g/mol. The summed E-state index contributed by atoms with van der Waals surface area (Å²) in [6.45, 7) is 2.02. The van der Waals surface area contributed by atoms with Crippen LogP contribution in [0.15, 0.2) is 53.9 Å². The quantitative estimate of drug-likeness (QED) is 0.633. The molecular weight excluding hydrogens is 296 g/mol. The summed E-state index contributed by atoms with van der Waals surface area (Å²) >= 11 is 0. The van der Waals surface area contributed by atoms with Gasteiger partial charge in [0.25, 0.3) is 0 Å². The average Bonchev–Trinajstić information content (AvgIpc) is 3.11. The molecule has 6 heteroatoms. The van der Waals surface area contributed by atoms with Crippen LogP contribution in [-0.4, -0.2) is 23.6 Å². The highest BCUT2D eigenvalue weighted by atomic mass is 32.2. The average molecular weight is 310 g/mol. The molecule has 0 amide bonds. The van der Waals surface area contributed by atoms with Gasteiger partial charge in [-0.3, -0.25) is 4.21 Å². The summed E-state index contributed by atoms with van der Waals surface area (Å²) in [5.74, 6) is 0.379. The number of benzene rings is 1. The predicted octanol–water partition coefficient (Wildman–Crippen LogP) is 2.83. The second kappa shape index (κ2) is 5.06. The number of aromatic amines is 1. The first-order valence-corrected chi connectivity index (χ1v) is 8.28. The lowest BCUT2D eigenvalue weighted by atomic mass is 10.2. The Kier molecular flexibility index (Phi) is 3.04. The number of aromatic nitrogens is 4. The number of rotatable bonds is 3. The summed E-state index contributed by atoms with van der Waals surface area (Å²) in [6.07, 6.45) is 3.69. The van der Waals surface area contributed by atoms with Gasteiger partial charge in [-0.1, -0.05) is 12.1 Å². The molecule has 0 saturated heterocycles. The Morgan fingerprint density at radius 1 is 1.27 bits per heavy atom. The third-order valence-electron chi connectivity index (χ3n) is 3.60. The molecule has 4 rings (SSSR count). The molecule has 0 fully saturated rings. The Bertz CT molecular complexity index is 1000. The van der Waals surface area contributed by atoms with Crippen molar-refractivity contribution in [2.45, 2.75) is 17.8 Å². The van der Waals surface area contributed by atoms with E-state index in [2.05, 4.69) is 15.0 Å². The molecule has 3 aromatic heterocycles. The lowest BCUT2D eigenvalue weighted by Gasteiger charge is -2.00. The van der Waals surface area contributed by atoms with Crippen LogP contribution in [0, 0.1) is 6.92 Å². The highest BCUT2D eigenvalue weighted by molar-refractivity contribution is 7.84. The normalized spacial score (nSPS) is 13.0. The number of pyridine rings is 1. The number of imidazole rings is 2. The van der Waals surface area contributed by atoms with Crippen molar-refractivity contribution in [2.75, 3.05) is 0 Å². The number of hydrogen-bond donors (Lipinski definition) is 1. The largest absolute Gasteiger partial charge is 0.331 e. The van der Waals surface area contributed by atoms with E-state index in [1.165, 1.54) is 0 Å². The molecule has 0 spiro atoms. The lowest BCUT2D eigenvalue weighted by molar-refractivity contribution is 0.676. The molecule has 5 nitrogen and oxygen atoms in total. The van der Waals surface area contributed by atoms with Gasteiger partial charge in [0.2, 0.25) is 0 Å². The number of H-pyrrole nitrogens is 1. The molecule has 110 valence electrons. The fourth-order valence-corrected chi connectivity index (χ4v) is 3.55. The molecule has 1 atom stereocenters. The molecule has 0 radical (unpaired) electrons. The molecule has 22 heavy (non-hydrogen) atoms. The van der Waals surface area contributed by atoms with Gasteiger partial charge in [0.05, 0.1) is 39.5 Å². The molecule has 3 heterocycles. The molecule has 0 saturated carbocycles. The molecule has 0 aliphatic rings. The van der Waals surface area contributed by atoms with E-state index < -0.39 is 10.8 Å². The first-order chi connectivity index (χ1) is 10.7. The van der Waals surface area contributed by atoms with Crippen LogP contribution in [0.5, 0.6) is 0 Å². The Morgan fingerprint density at radius 3 is 3.09 bits per heavy atom. The fraction of sp³-hybridized carbons (Fsp3) is 0.125. The van der Waals surface area contributed by atoms with E-state index in [0.717, 1.165) is 27.9 Å². The van der Waals surface area contributed by atoms with E-state index in [4.69, 9.17) is 0 Å². The summed E-state index contributed by atoms with van der Waals surface area (Å²) in [5.41, 5.74) is 4.67. The van der Waals surface area contributed by atoms with Gasteiger partial charge in [0.15, 0.2) is 5.16 Å². The van der Waals surface area contributed by atoms with Gasteiger partial charge in [-0.05, 0) is 36.8 Å². The van der Waals surface area contributed by atoms with Gasteiger partial charge in [0, 0.05) is 6.20 Å². The lowest BCUT2D eigenvalue weighted by Crippen LogP contribution is -2.01. The van der Waals surface area contributed by atoms with Crippen LogP contribution in [0.2, 0.25) is 0 Å². The third kappa shape index (κ3) is 2.21. The Morgan fingerprint density at radius 2 is 2.18 bits per heavy atom. The van der Waals surface area contributed by atoms with Crippen LogP contribution < -0.4 is 0 Å². The fourth-order valence-electron chi connectivity index (χ4n) is 2.50. The van der Waals surface area contributed by atoms with Crippen LogP contribution >= 0.6 is 0 Å². The molecular formula is C16H14N4OS. The number of hydrogen-bond acceptors (Lipinski definition) is 3. The Hall–Kier alpha value is -2.47. The van der Waals surface area contributed by atoms with Gasteiger partial charge < -0.3 is 9.38 Å². The second-order valence-electron chi connectivity index (χ2n) is 5.23. The summed E-state index contributed by atoms with van der Waals surface area (Å²) < 4.78 is 14.5. The van der Waals surface area contributed by atoms with Crippen LogP contribution in [0.1, 0.15) is 11.3 Å². The van der Waals surface area contributed by atoms with Gasteiger partial charge in [0.1, 0.15) is 5.65 Å². The van der Waals surface area contributed by atoms with Crippen molar-refractivity contribution in [3.05, 3.63) is 60.0 Å². The molecule has 1 N–H and O–H groups in total. The van der Waals surface area contributed by atoms with Crippen LogP contribution in [0.4, 0.5) is 0 Å². The number of aryl methyl sites for hydroxylation is 1. The minimum absolute atomic E-state index is 0.379. The minimum atomic E-state index is -1.24. The Labute approximate surface area is 129 Å². The van der Waals surface area contributed by atoms with Crippen LogP contribution in [0.3, 0.4) is 0 Å². The minimum Gasteiger partial charge on any atom is -0.331 e. The van der Waals surface area contributed by atoms with Gasteiger partial charge in [-0.15, -0.1) is 0 Å². The summed E-state index contributed by atoms with van der Waals surface area (Å²) in [7, 11) is -1.24. The van der Waals surface area contributed by atoms with E-state index in [0.29, 0.717) is 10.9 Å². The van der Waals surface area contributed by atoms with E-state index in [-0.39, 0.29) is 0 Å². The molecule has 0 aliphatic carbocycles. The maximum Gasteiger partial charge on any atom is 0.197 e. The number of fused-ring (bicyclic) bond motifs is 2. The van der Waals surface area contributed by atoms with Crippen molar-refractivity contribution >= 4 is 27.5 Å². The Balaban J connectivity index is 1.68. The summed E-state index contributed by atoms with van der Waals surface area (Å²) in [6, 6.07) is 11.7. The van der Waals surface area contributed by atoms with E-state index in [9.17, 15) is 4.21 Å². The maximum absolute atomic E-state index is 12.6. The first kappa shape index (κ1) is 13.2. The zero-order valence-corrected chi connectivity index (χ0v) is 12.8. The van der Waals surface area contributed by atoms with E-state index >= 15 is 0 Å². The van der Waals surface area contributed by atoms with Crippen molar-refractivity contribution in [1.82, 2.24) is 19.4 Å². The van der Waals surface area contributed by atoms with Crippen molar-refractivity contribution < 1.29 is 4.21 Å². The first-order valence-electron chi connectivity index (χ1n) is 6.96. The summed E-state index contributed by atoms with van der Waals surface area (Å²) in [5, 5.41) is 0.506. The third-order valence-corrected chi connectivity index (χ3v) is 4.79. The zero-order valence-electron chi connectivity index (χ0n) is 12.0. The van der Waals surface area contributed by atoms with Crippen LogP contribution in [-0.2, 0) is 16.6 Å². The van der Waals surface area contributed by atoms with Crippen molar-refractivity contribution in [3.8, 4) is 0 Å². The molecule has 1 unspecified atom stereocenters. The molecule has 1 aromatic carbocycles. The SMILES string of the molecule is Cc1ccc2nc(S(=O)Cc3cnc4ccccn34)[nH]c2c1.